The van der Waals surface area contributed by atoms with E-state index in [4.69, 9.17) is 10.5 Å². The lowest BCUT2D eigenvalue weighted by Crippen LogP contribution is -2.45. The van der Waals surface area contributed by atoms with Crippen LogP contribution in [0.25, 0.3) is 0 Å². The van der Waals surface area contributed by atoms with Gasteiger partial charge in [-0.1, -0.05) is 30.3 Å². The number of amides is 1. The van der Waals surface area contributed by atoms with E-state index in [1.54, 1.807) is 0 Å². The third kappa shape index (κ3) is 8.31. The molecule has 0 saturated carbocycles. The van der Waals surface area contributed by atoms with Crippen molar-refractivity contribution in [2.24, 2.45) is 11.7 Å². The maximum Gasteiger partial charge on any atom is 0.408 e. The Morgan fingerprint density at radius 3 is 2.25 bits per heavy atom. The van der Waals surface area contributed by atoms with Crippen LogP contribution < -0.4 is 11.1 Å². The van der Waals surface area contributed by atoms with Crippen molar-refractivity contribution in [2.75, 3.05) is 0 Å². The van der Waals surface area contributed by atoms with Gasteiger partial charge < -0.3 is 20.9 Å². The van der Waals surface area contributed by atoms with E-state index in [0.29, 0.717) is 12.8 Å². The van der Waals surface area contributed by atoms with Gasteiger partial charge in [-0.05, 0) is 65.4 Å². The normalized spacial score (nSPS) is 14.8. The zero-order valence-electron chi connectivity index (χ0n) is 15.5. The van der Waals surface area contributed by atoms with Gasteiger partial charge in [0.1, 0.15) is 5.60 Å². The number of carbonyl (C=O) groups excluding carboxylic acids is 1. The summed E-state index contributed by atoms with van der Waals surface area (Å²) in [5, 5.41) is 13.1. The number of hydrogen-bond acceptors (Lipinski definition) is 4. The van der Waals surface area contributed by atoms with Crippen LogP contribution in [0.4, 0.5) is 4.79 Å². The smallest absolute Gasteiger partial charge is 0.408 e. The largest absolute Gasteiger partial charge is 0.444 e. The minimum absolute atomic E-state index is 0.0476. The SMILES string of the molecule is CC(C)(C)OC(=O)NC(N)CCC(Cc1ccccc1)C(C)(C)O. The Kier molecular flexibility index (Phi) is 7.24. The number of nitrogens with two attached hydrogens (primary N) is 1. The molecule has 0 fully saturated rings. The second-order valence-electron chi connectivity index (χ2n) is 7.87. The predicted octanol–water partition coefficient (Wildman–Crippen LogP) is 3.21. The van der Waals surface area contributed by atoms with Crippen LogP contribution in [-0.4, -0.2) is 28.6 Å². The lowest BCUT2D eigenvalue weighted by Gasteiger charge is -2.30. The topological polar surface area (TPSA) is 84.6 Å². The maximum atomic E-state index is 11.7. The summed E-state index contributed by atoms with van der Waals surface area (Å²) in [4.78, 5) is 11.7. The van der Waals surface area contributed by atoms with Crippen molar-refractivity contribution < 1.29 is 14.6 Å². The predicted molar refractivity (Wildman–Crippen MR) is 96.5 cm³/mol. The summed E-state index contributed by atoms with van der Waals surface area (Å²) in [6.07, 6.45) is 1.03. The molecule has 1 aromatic carbocycles. The Labute approximate surface area is 145 Å². The molecule has 0 heterocycles. The fraction of sp³-hybridized carbons (Fsp3) is 0.632. The lowest BCUT2D eigenvalue weighted by molar-refractivity contribution is 0.0111. The molecule has 0 radical (unpaired) electrons. The molecule has 4 N–H and O–H groups in total. The summed E-state index contributed by atoms with van der Waals surface area (Å²) in [7, 11) is 0. The second-order valence-corrected chi connectivity index (χ2v) is 7.87. The first-order valence-corrected chi connectivity index (χ1v) is 8.49. The molecule has 0 aromatic heterocycles. The molecule has 0 bridgehead atoms. The van der Waals surface area contributed by atoms with E-state index in [1.807, 2.05) is 52.8 Å². The van der Waals surface area contributed by atoms with Crippen LogP contribution in [0.15, 0.2) is 30.3 Å². The molecule has 136 valence electrons. The first-order valence-electron chi connectivity index (χ1n) is 8.49. The van der Waals surface area contributed by atoms with Gasteiger partial charge in [-0.15, -0.1) is 0 Å². The van der Waals surface area contributed by atoms with Crippen LogP contribution in [0.3, 0.4) is 0 Å². The van der Waals surface area contributed by atoms with Crippen molar-refractivity contribution in [3.63, 3.8) is 0 Å². The highest BCUT2D eigenvalue weighted by Gasteiger charge is 2.27. The number of alkyl carbamates (subject to hydrolysis) is 1. The molecule has 0 aliphatic carbocycles. The molecule has 0 aliphatic rings. The van der Waals surface area contributed by atoms with Gasteiger partial charge in [0.2, 0.25) is 0 Å². The summed E-state index contributed by atoms with van der Waals surface area (Å²) in [6, 6.07) is 10.1. The Morgan fingerprint density at radius 2 is 1.75 bits per heavy atom. The Morgan fingerprint density at radius 1 is 1.17 bits per heavy atom. The second kappa shape index (κ2) is 8.49. The summed E-state index contributed by atoms with van der Waals surface area (Å²) < 4.78 is 5.20. The minimum Gasteiger partial charge on any atom is -0.444 e. The van der Waals surface area contributed by atoms with Crippen LogP contribution in [0.1, 0.15) is 53.0 Å². The molecule has 1 rings (SSSR count). The lowest BCUT2D eigenvalue weighted by atomic mass is 9.82. The van der Waals surface area contributed by atoms with Gasteiger partial charge in [0.25, 0.3) is 0 Å². The van der Waals surface area contributed by atoms with E-state index in [1.165, 1.54) is 5.56 Å². The summed E-state index contributed by atoms with van der Waals surface area (Å²) in [5.74, 6) is 0.0476. The van der Waals surface area contributed by atoms with Gasteiger partial charge in [0.05, 0.1) is 11.8 Å². The molecule has 5 nitrogen and oxygen atoms in total. The van der Waals surface area contributed by atoms with E-state index in [0.717, 1.165) is 6.42 Å². The van der Waals surface area contributed by atoms with Crippen LogP contribution in [-0.2, 0) is 11.2 Å². The molecule has 1 aromatic rings. The molecular weight excluding hydrogens is 304 g/mol. The fourth-order valence-electron chi connectivity index (χ4n) is 2.52. The van der Waals surface area contributed by atoms with Crippen molar-refractivity contribution in [3.8, 4) is 0 Å². The Balaban J connectivity index is 2.54. The monoisotopic (exact) mass is 336 g/mol. The van der Waals surface area contributed by atoms with Crippen molar-refractivity contribution in [1.29, 1.82) is 0 Å². The van der Waals surface area contributed by atoms with E-state index in [-0.39, 0.29) is 5.92 Å². The zero-order chi connectivity index (χ0) is 18.4. The van der Waals surface area contributed by atoms with Gasteiger partial charge in [0.15, 0.2) is 0 Å². The molecular formula is C19H32N2O3. The highest BCUT2D eigenvalue weighted by molar-refractivity contribution is 5.67. The molecule has 24 heavy (non-hydrogen) atoms. The third-order valence-corrected chi connectivity index (χ3v) is 3.85. The van der Waals surface area contributed by atoms with E-state index in [2.05, 4.69) is 17.4 Å². The Hall–Kier alpha value is -1.59. The summed E-state index contributed by atoms with van der Waals surface area (Å²) >= 11 is 0. The summed E-state index contributed by atoms with van der Waals surface area (Å²) in [6.45, 7) is 9.05. The minimum atomic E-state index is -0.818. The summed E-state index contributed by atoms with van der Waals surface area (Å²) in [5.41, 5.74) is 5.80. The first kappa shape index (κ1) is 20.5. The number of benzene rings is 1. The van der Waals surface area contributed by atoms with Gasteiger partial charge in [-0.25, -0.2) is 4.79 Å². The average molecular weight is 336 g/mol. The number of hydrogen-bond donors (Lipinski definition) is 3. The molecule has 2 unspecified atom stereocenters. The van der Waals surface area contributed by atoms with E-state index in [9.17, 15) is 9.90 Å². The van der Waals surface area contributed by atoms with Crippen molar-refractivity contribution in [3.05, 3.63) is 35.9 Å². The number of ether oxygens (including phenoxy) is 1. The standard InChI is InChI=1S/C19H32N2O3/c1-18(2,3)24-17(22)21-16(20)12-11-15(19(4,5)23)13-14-9-7-6-8-10-14/h6-10,15-16,23H,11-13,20H2,1-5H3,(H,21,22). The molecule has 1 amide bonds. The Bertz CT molecular complexity index is 504. The van der Waals surface area contributed by atoms with Crippen molar-refractivity contribution in [1.82, 2.24) is 5.32 Å². The number of aliphatic hydroxyl groups is 1. The van der Waals surface area contributed by atoms with Crippen molar-refractivity contribution >= 4 is 6.09 Å². The van der Waals surface area contributed by atoms with Crippen LogP contribution in [0, 0.1) is 5.92 Å². The molecule has 5 heteroatoms. The molecule has 0 spiro atoms. The van der Waals surface area contributed by atoms with Crippen molar-refractivity contribution in [2.45, 2.75) is 71.2 Å². The molecule has 2 atom stereocenters. The average Bonchev–Trinajstić information content (AvgIpc) is 2.41. The first-order chi connectivity index (χ1) is 11.0. The highest BCUT2D eigenvalue weighted by atomic mass is 16.6. The maximum absolute atomic E-state index is 11.7. The number of carbonyl (C=O) groups is 1. The third-order valence-electron chi connectivity index (χ3n) is 3.85. The van der Waals surface area contributed by atoms with E-state index < -0.39 is 23.5 Å². The highest BCUT2D eigenvalue weighted by Crippen LogP contribution is 2.26. The van der Waals surface area contributed by atoms with Crippen LogP contribution in [0.2, 0.25) is 0 Å². The molecule has 0 aliphatic heterocycles. The number of rotatable bonds is 7. The van der Waals surface area contributed by atoms with Crippen LogP contribution in [0.5, 0.6) is 0 Å². The quantitative estimate of drug-likeness (QED) is 0.668. The van der Waals surface area contributed by atoms with Gasteiger partial charge in [-0.3, -0.25) is 0 Å². The molecule has 0 saturated heterocycles. The number of nitrogens with one attached hydrogen (secondary N) is 1. The van der Waals surface area contributed by atoms with Gasteiger partial charge >= 0.3 is 6.09 Å². The van der Waals surface area contributed by atoms with E-state index >= 15 is 0 Å². The zero-order valence-corrected chi connectivity index (χ0v) is 15.5. The van der Waals surface area contributed by atoms with Gasteiger partial charge in [0, 0.05) is 0 Å². The van der Waals surface area contributed by atoms with Gasteiger partial charge in [-0.2, -0.15) is 0 Å². The van der Waals surface area contributed by atoms with Crippen LogP contribution >= 0.6 is 0 Å². The fourth-order valence-corrected chi connectivity index (χ4v) is 2.52.